The Morgan fingerprint density at radius 2 is 2.33 bits per heavy atom. The molecule has 1 fully saturated rings. The molecule has 0 aromatic carbocycles. The average molecular weight is 387 g/mol. The summed E-state index contributed by atoms with van der Waals surface area (Å²) in [5, 5.41) is 11.9. The highest BCUT2D eigenvalue weighted by Gasteiger charge is 2.26. The van der Waals surface area contributed by atoms with Gasteiger partial charge in [0.05, 0.1) is 22.3 Å². The van der Waals surface area contributed by atoms with Crippen molar-refractivity contribution < 1.29 is 4.79 Å². The van der Waals surface area contributed by atoms with Gasteiger partial charge in [0.1, 0.15) is 11.5 Å². The summed E-state index contributed by atoms with van der Waals surface area (Å²) in [5.41, 5.74) is 1.41. The van der Waals surface area contributed by atoms with Crippen LogP contribution in [0.4, 0.5) is 17.5 Å². The van der Waals surface area contributed by atoms with Gasteiger partial charge < -0.3 is 20.5 Å². The molecule has 3 N–H and O–H groups in total. The molecule has 0 aliphatic carbocycles. The first-order valence-electron chi connectivity index (χ1n) is 8.51. The molecule has 4 rings (SSSR count). The van der Waals surface area contributed by atoms with E-state index in [2.05, 4.69) is 37.3 Å². The number of fused-ring (bicyclic) bond motifs is 1. The highest BCUT2D eigenvalue weighted by Crippen LogP contribution is 2.31. The van der Waals surface area contributed by atoms with Gasteiger partial charge >= 0.3 is 0 Å². The van der Waals surface area contributed by atoms with Gasteiger partial charge in [0.2, 0.25) is 11.9 Å². The maximum Gasteiger partial charge on any atom is 0.246 e. The van der Waals surface area contributed by atoms with Crippen molar-refractivity contribution in [2.75, 3.05) is 23.7 Å². The highest BCUT2D eigenvalue weighted by molar-refractivity contribution is 6.36. The molecule has 0 unspecified atom stereocenters. The van der Waals surface area contributed by atoms with E-state index in [0.29, 0.717) is 35.5 Å². The van der Waals surface area contributed by atoms with E-state index in [0.717, 1.165) is 17.5 Å². The number of likely N-dealkylation sites (tertiary alicyclic amines) is 1. The number of carbonyl (C=O) groups is 1. The molecule has 27 heavy (non-hydrogen) atoms. The van der Waals surface area contributed by atoms with E-state index >= 15 is 0 Å². The topological polar surface area (TPSA) is 104 Å². The molecule has 4 heterocycles. The zero-order valence-electron chi connectivity index (χ0n) is 14.7. The molecule has 1 saturated heterocycles. The lowest BCUT2D eigenvalue weighted by molar-refractivity contribution is -0.125. The van der Waals surface area contributed by atoms with Crippen LogP contribution >= 0.6 is 11.6 Å². The van der Waals surface area contributed by atoms with Gasteiger partial charge in [-0.25, -0.2) is 0 Å². The van der Waals surface area contributed by atoms with Crippen molar-refractivity contribution in [3.8, 4) is 0 Å². The summed E-state index contributed by atoms with van der Waals surface area (Å²) < 4.78 is 1.69. The molecule has 0 radical (unpaired) electrons. The fourth-order valence-corrected chi connectivity index (χ4v) is 3.40. The second-order valence-corrected chi connectivity index (χ2v) is 6.81. The Morgan fingerprint density at radius 1 is 1.48 bits per heavy atom. The van der Waals surface area contributed by atoms with Gasteiger partial charge in [-0.3, -0.25) is 9.48 Å². The van der Waals surface area contributed by atoms with Crippen LogP contribution in [-0.2, 0) is 11.8 Å². The first kappa shape index (κ1) is 17.3. The monoisotopic (exact) mass is 386 g/mol. The van der Waals surface area contributed by atoms with Gasteiger partial charge in [-0.05, 0) is 12.5 Å². The first-order chi connectivity index (χ1) is 13.0. The molecule has 3 aromatic rings. The molecule has 1 aliphatic rings. The Morgan fingerprint density at radius 3 is 3.07 bits per heavy atom. The first-order valence-corrected chi connectivity index (χ1v) is 8.89. The zero-order chi connectivity index (χ0) is 19.0. The van der Waals surface area contributed by atoms with Crippen LogP contribution in [0.3, 0.4) is 0 Å². The van der Waals surface area contributed by atoms with Crippen LogP contribution in [0.1, 0.15) is 6.42 Å². The van der Waals surface area contributed by atoms with E-state index in [1.165, 1.54) is 6.08 Å². The van der Waals surface area contributed by atoms with Crippen LogP contribution in [0.25, 0.3) is 11.0 Å². The third-order valence-electron chi connectivity index (χ3n) is 4.46. The van der Waals surface area contributed by atoms with Crippen molar-refractivity contribution in [2.24, 2.45) is 7.05 Å². The van der Waals surface area contributed by atoms with Crippen molar-refractivity contribution >= 4 is 46.0 Å². The Hall–Kier alpha value is -3.07. The summed E-state index contributed by atoms with van der Waals surface area (Å²) >= 11 is 6.32. The maximum absolute atomic E-state index is 11.8. The van der Waals surface area contributed by atoms with Gasteiger partial charge in [0, 0.05) is 38.6 Å². The molecular weight excluding hydrogens is 368 g/mol. The van der Waals surface area contributed by atoms with Crippen LogP contribution in [-0.4, -0.2) is 54.7 Å². The molecular formula is C17H19ClN8O. The number of rotatable bonds is 5. The number of H-pyrrole nitrogens is 1. The number of hydrogen-bond acceptors (Lipinski definition) is 6. The van der Waals surface area contributed by atoms with Crippen molar-refractivity contribution in [1.82, 2.24) is 29.6 Å². The van der Waals surface area contributed by atoms with Crippen molar-refractivity contribution in [3.05, 3.63) is 36.3 Å². The minimum Gasteiger partial charge on any atom is -0.365 e. The predicted octanol–water partition coefficient (Wildman–Crippen LogP) is 2.29. The number of carbonyl (C=O) groups excluding carboxylic acids is 1. The molecule has 1 atom stereocenters. The van der Waals surface area contributed by atoms with Crippen LogP contribution in [0.15, 0.2) is 31.2 Å². The minimum atomic E-state index is -0.0641. The number of amides is 1. The van der Waals surface area contributed by atoms with Gasteiger partial charge in [-0.15, -0.1) is 0 Å². The fraction of sp³-hybridized carbons (Fsp3) is 0.294. The zero-order valence-corrected chi connectivity index (χ0v) is 15.5. The van der Waals surface area contributed by atoms with E-state index < -0.39 is 0 Å². The number of anilines is 3. The van der Waals surface area contributed by atoms with Gasteiger partial charge in [0.15, 0.2) is 0 Å². The quantitative estimate of drug-likeness (QED) is 0.581. The van der Waals surface area contributed by atoms with Gasteiger partial charge in [-0.1, -0.05) is 18.2 Å². The Labute approximate surface area is 160 Å². The lowest BCUT2D eigenvalue weighted by Crippen LogP contribution is -2.30. The van der Waals surface area contributed by atoms with E-state index in [9.17, 15) is 4.79 Å². The van der Waals surface area contributed by atoms with Crippen molar-refractivity contribution in [3.63, 3.8) is 0 Å². The van der Waals surface area contributed by atoms with Gasteiger partial charge in [0.25, 0.3) is 0 Å². The number of aromatic nitrogens is 5. The highest BCUT2D eigenvalue weighted by atomic mass is 35.5. The molecule has 1 aliphatic heterocycles. The SMILES string of the molecule is C=CC(=O)N1CC[C@@H](Nc2nc(Nc3cnn(C)c3)nc3[nH]cc(Cl)c23)C1. The number of aromatic amines is 1. The van der Waals surface area contributed by atoms with Crippen molar-refractivity contribution in [2.45, 2.75) is 12.5 Å². The number of nitrogens with zero attached hydrogens (tertiary/aromatic N) is 5. The Bertz CT molecular complexity index is 1010. The van der Waals surface area contributed by atoms with Gasteiger partial charge in [-0.2, -0.15) is 15.1 Å². The summed E-state index contributed by atoms with van der Waals surface area (Å²) in [6.07, 6.45) is 7.36. The molecule has 10 heteroatoms. The fourth-order valence-electron chi connectivity index (χ4n) is 3.17. The number of aryl methyl sites for hydroxylation is 1. The Kier molecular flexibility index (Phi) is 4.44. The third-order valence-corrected chi connectivity index (χ3v) is 4.76. The summed E-state index contributed by atoms with van der Waals surface area (Å²) in [6.45, 7) is 4.81. The molecule has 140 valence electrons. The number of halogens is 1. The van der Waals surface area contributed by atoms with Crippen LogP contribution < -0.4 is 10.6 Å². The molecule has 0 spiro atoms. The summed E-state index contributed by atoms with van der Waals surface area (Å²) in [6, 6.07) is 0.0733. The summed E-state index contributed by atoms with van der Waals surface area (Å²) in [7, 11) is 1.84. The number of nitrogens with one attached hydrogen (secondary N) is 3. The lowest BCUT2D eigenvalue weighted by atomic mass is 10.2. The largest absolute Gasteiger partial charge is 0.365 e. The smallest absolute Gasteiger partial charge is 0.246 e. The molecule has 0 saturated carbocycles. The van der Waals surface area contributed by atoms with Crippen molar-refractivity contribution in [1.29, 1.82) is 0 Å². The second-order valence-electron chi connectivity index (χ2n) is 6.40. The lowest BCUT2D eigenvalue weighted by Gasteiger charge is -2.17. The summed E-state index contributed by atoms with van der Waals surface area (Å²) in [5.74, 6) is 0.981. The van der Waals surface area contributed by atoms with E-state index in [4.69, 9.17) is 11.6 Å². The Balaban J connectivity index is 1.61. The molecule has 3 aromatic heterocycles. The van der Waals surface area contributed by atoms with E-state index in [1.807, 2.05) is 13.2 Å². The van der Waals surface area contributed by atoms with Crippen LogP contribution in [0.2, 0.25) is 5.02 Å². The van der Waals surface area contributed by atoms with Crippen LogP contribution in [0, 0.1) is 0 Å². The average Bonchev–Trinajstić information content (AvgIpc) is 3.36. The summed E-state index contributed by atoms with van der Waals surface area (Å²) in [4.78, 5) is 25.7. The third kappa shape index (κ3) is 3.45. The number of hydrogen-bond donors (Lipinski definition) is 3. The predicted molar refractivity (Wildman–Crippen MR) is 104 cm³/mol. The normalized spacial score (nSPS) is 16.7. The van der Waals surface area contributed by atoms with E-state index in [-0.39, 0.29) is 11.9 Å². The second kappa shape index (κ2) is 6.92. The maximum atomic E-state index is 11.8. The molecule has 9 nitrogen and oxygen atoms in total. The molecule has 0 bridgehead atoms. The van der Waals surface area contributed by atoms with E-state index in [1.54, 1.807) is 22.0 Å². The standard InChI is InChI=1S/C17H19ClN8O/c1-3-13(27)26-5-4-10(9-26)21-16-14-12(18)7-19-15(14)23-17(24-16)22-11-6-20-25(2)8-11/h3,6-8,10H,1,4-5,9H2,2H3,(H3,19,21,22,23,24)/t10-/m1/s1. The van der Waals surface area contributed by atoms with Crippen LogP contribution in [0.5, 0.6) is 0 Å². The molecule has 1 amide bonds. The minimum absolute atomic E-state index is 0.0641.